The number of hydrogen-bond donors (Lipinski definition) is 3. The summed E-state index contributed by atoms with van der Waals surface area (Å²) in [7, 11) is 6.89. The van der Waals surface area contributed by atoms with E-state index in [2.05, 4.69) is 10.6 Å². The highest BCUT2D eigenvalue weighted by Gasteiger charge is 2.45. The fourth-order valence-electron chi connectivity index (χ4n) is 13.8. The van der Waals surface area contributed by atoms with Gasteiger partial charge in [0, 0.05) is 46.8 Å². The second-order valence-corrected chi connectivity index (χ2v) is 29.4. The Bertz CT molecular complexity index is 4370. The summed E-state index contributed by atoms with van der Waals surface area (Å²) < 4.78 is 243. The van der Waals surface area contributed by atoms with Gasteiger partial charge in [0.15, 0.2) is 0 Å². The molecule has 2 aliphatic carbocycles. The molecule has 8 rings (SSSR count). The molecule has 108 heavy (non-hydrogen) atoms. The van der Waals surface area contributed by atoms with Crippen LogP contribution in [0.15, 0.2) is 70.5 Å². The first-order valence-electron chi connectivity index (χ1n) is 35.4. The van der Waals surface area contributed by atoms with E-state index in [-0.39, 0.29) is 85.1 Å². The van der Waals surface area contributed by atoms with E-state index in [0.717, 1.165) is 58.3 Å². The van der Waals surface area contributed by atoms with Crippen molar-refractivity contribution in [2.75, 3.05) is 47.9 Å². The van der Waals surface area contributed by atoms with E-state index in [9.17, 15) is 86.6 Å². The van der Waals surface area contributed by atoms with Crippen molar-refractivity contribution in [3.05, 3.63) is 183 Å². The van der Waals surface area contributed by atoms with Crippen LogP contribution in [0.2, 0.25) is 0 Å². The molecule has 2 fully saturated rings. The van der Waals surface area contributed by atoms with Crippen molar-refractivity contribution < 1.29 is 99.3 Å². The van der Waals surface area contributed by atoms with Gasteiger partial charge in [-0.15, -0.1) is 0 Å². The number of nitrogens with one attached hydrogen (secondary N) is 2. The summed E-state index contributed by atoms with van der Waals surface area (Å²) in [6.45, 7) is 14.9. The molecule has 0 bridgehead atoms. The number of esters is 1. The first-order chi connectivity index (χ1) is 50.0. The van der Waals surface area contributed by atoms with Crippen LogP contribution >= 0.6 is 0 Å². The molecule has 2 amide bonds. The Morgan fingerprint density at radius 3 is 1.11 bits per heavy atom. The molecule has 2 aromatic heterocycles. The highest BCUT2D eigenvalue weighted by Crippen LogP contribution is 2.48. The zero-order chi connectivity index (χ0) is 80.9. The average molecular weight is 1540 g/mol. The molecule has 592 valence electrons. The van der Waals surface area contributed by atoms with Crippen LogP contribution in [0, 0.1) is 62.8 Å². The summed E-state index contributed by atoms with van der Waals surface area (Å²) in [5, 5.41) is 14.2. The highest BCUT2D eigenvalue weighted by atomic mass is 19.4. The van der Waals surface area contributed by atoms with Gasteiger partial charge >= 0.3 is 36.6 Å². The van der Waals surface area contributed by atoms with Gasteiger partial charge in [-0.05, 0) is 232 Å². The lowest BCUT2D eigenvalue weighted by Crippen LogP contribution is -2.41. The van der Waals surface area contributed by atoms with Crippen LogP contribution in [0.4, 0.5) is 70.2 Å². The average Bonchev–Trinajstić information content (AvgIpc) is 1.46. The van der Waals surface area contributed by atoms with Crippen LogP contribution in [0.1, 0.15) is 213 Å². The Balaban J connectivity index is 0.000000301. The molecule has 14 nitrogen and oxygen atoms in total. The standard InChI is InChI=1S/C40H47F8N3O4.C38H43F8N3O4/c1-8-55-33(53)19-30(35-36(41)27(17-29(37(35)42)40(46,47)48)34-22(4)15-26(16-23(34)5)24-11-12-24)49-38(54)31(14-21(2)3)51-20-25(10-9-13-50(6)7)28(18-32(51)52)39(43,44)45;1-19(2)12-29(49-18-23(8-7-11-48(5)6)26(16-30(49)50)37(41,42)43)36(53)47-28(17-31(51)52)33-34(39)25(15-27(35(33)40)38(44,45)46)32-20(3)13-24(14-21(32)4)22-9-10-22/h15-18,20-21,24,30-31H,8-14,19H2,1-7H3,(H,49,54);13-16,18-19,22,28-29H,7-12,17H2,1-6H3,(H,47,53)(H,51,52)/t30-,31?;28-,29?/m00/s1. The Kier molecular flexibility index (Phi) is 28.1. The van der Waals surface area contributed by atoms with Gasteiger partial charge in [-0.3, -0.25) is 28.8 Å². The van der Waals surface area contributed by atoms with E-state index in [1.54, 1.807) is 118 Å². The Labute approximate surface area is 615 Å². The Morgan fingerprint density at radius 1 is 0.509 bits per heavy atom. The van der Waals surface area contributed by atoms with Crippen LogP contribution in [0.25, 0.3) is 22.3 Å². The van der Waals surface area contributed by atoms with Crippen LogP contribution in [0.3, 0.4) is 0 Å². The third-order valence-corrected chi connectivity index (χ3v) is 18.9. The van der Waals surface area contributed by atoms with Crippen LogP contribution in [0.5, 0.6) is 0 Å². The normalized spacial score (nSPS) is 14.8. The summed E-state index contributed by atoms with van der Waals surface area (Å²) in [6.07, 6.45) is -17.5. The minimum atomic E-state index is -5.37. The molecule has 30 heteroatoms. The number of carboxylic acids is 1. The van der Waals surface area contributed by atoms with Gasteiger partial charge in [0.05, 0.1) is 53.8 Å². The van der Waals surface area contributed by atoms with E-state index in [0.29, 0.717) is 59.6 Å². The molecule has 2 unspecified atom stereocenters. The molecule has 3 N–H and O–H groups in total. The van der Waals surface area contributed by atoms with E-state index in [4.69, 9.17) is 4.74 Å². The second kappa shape index (κ2) is 35.0. The SMILES string of the molecule is CCOC(=O)C[C@H](NC(=O)C(CC(C)C)n1cc(CCCN(C)C)c(C(F)(F)F)cc1=O)c1c(F)c(-c2c(C)cc(C3CC3)cc2C)cc(C(F)(F)F)c1F.Cc1cc(C2CC2)cc(C)c1-c1cc(C(F)(F)F)c(F)c([C@H](CC(=O)O)NC(=O)C(CC(C)C)n2cc(CCCN(C)C)c(C(F)(F)F)cc2=O)c1F. The molecular weight excluding hydrogens is 1450 g/mol. The molecule has 0 spiro atoms. The summed E-state index contributed by atoms with van der Waals surface area (Å²) in [6, 6.07) is 0.737. The molecule has 0 aliphatic heterocycles. The maximum atomic E-state index is 16.9. The number of benzene rings is 4. The molecule has 2 aliphatic rings. The minimum Gasteiger partial charge on any atom is -0.481 e. The lowest BCUT2D eigenvalue weighted by molar-refractivity contribution is -0.144. The lowest BCUT2D eigenvalue weighted by atomic mass is 9.87. The predicted molar refractivity (Wildman–Crippen MR) is 374 cm³/mol. The van der Waals surface area contributed by atoms with Crippen molar-refractivity contribution in [3.8, 4) is 22.3 Å². The number of rotatable bonds is 29. The molecule has 4 aromatic carbocycles. The first-order valence-corrected chi connectivity index (χ1v) is 35.4. The second-order valence-electron chi connectivity index (χ2n) is 29.4. The number of ether oxygens (including phenoxy) is 1. The maximum absolute atomic E-state index is 16.9. The van der Waals surface area contributed by atoms with Gasteiger partial charge in [0.2, 0.25) is 11.8 Å². The number of halogens is 16. The van der Waals surface area contributed by atoms with Gasteiger partial charge < -0.3 is 39.4 Å². The number of hydrogen-bond acceptors (Lipinski definition) is 9. The van der Waals surface area contributed by atoms with E-state index in [1.165, 1.54) is 6.92 Å². The third-order valence-electron chi connectivity index (χ3n) is 18.9. The monoisotopic (exact) mass is 1540 g/mol. The number of aryl methyl sites for hydroxylation is 6. The number of aromatic nitrogens is 2. The highest BCUT2D eigenvalue weighted by molar-refractivity contribution is 5.84. The van der Waals surface area contributed by atoms with Crippen LogP contribution < -0.4 is 21.8 Å². The summed E-state index contributed by atoms with van der Waals surface area (Å²) in [4.78, 5) is 83.2. The molecule has 0 radical (unpaired) electrons. The number of carbonyl (C=O) groups is 4. The predicted octanol–water partition coefficient (Wildman–Crippen LogP) is 18.0. The fraction of sp³-hybridized carbons (Fsp3) is 0.513. The van der Waals surface area contributed by atoms with E-state index >= 15 is 17.6 Å². The van der Waals surface area contributed by atoms with Crippen molar-refractivity contribution in [2.24, 2.45) is 11.8 Å². The molecule has 6 aromatic rings. The topological polar surface area (TPSA) is 172 Å². The van der Waals surface area contributed by atoms with Gasteiger partial charge in [0.25, 0.3) is 11.1 Å². The minimum absolute atomic E-state index is 0.0369. The Hall–Kier alpha value is -8.54. The Morgan fingerprint density at radius 2 is 0.833 bits per heavy atom. The van der Waals surface area contributed by atoms with Gasteiger partial charge in [-0.2, -0.15) is 52.7 Å². The molecular formula is C78H90F16N6O8. The maximum Gasteiger partial charge on any atom is 0.419 e. The van der Waals surface area contributed by atoms with Crippen molar-refractivity contribution in [2.45, 2.75) is 200 Å². The number of pyridine rings is 2. The smallest absolute Gasteiger partial charge is 0.419 e. The number of nitrogens with zero attached hydrogens (tertiary/aromatic N) is 4. The molecule has 2 saturated carbocycles. The lowest BCUT2D eigenvalue weighted by Gasteiger charge is -2.28. The van der Waals surface area contributed by atoms with Gasteiger partial charge in [0.1, 0.15) is 35.4 Å². The summed E-state index contributed by atoms with van der Waals surface area (Å²) in [5.74, 6) is -12.7. The zero-order valence-electron chi connectivity index (χ0n) is 62.1. The van der Waals surface area contributed by atoms with Crippen molar-refractivity contribution in [1.82, 2.24) is 29.6 Å². The van der Waals surface area contributed by atoms with Gasteiger partial charge in [-0.25, -0.2) is 17.6 Å². The van der Waals surface area contributed by atoms with E-state index in [1.807, 2.05) is 0 Å². The number of alkyl halides is 12. The number of carbonyl (C=O) groups excluding carboxylic acids is 3. The van der Waals surface area contributed by atoms with Gasteiger partial charge in [-0.1, -0.05) is 52.0 Å². The van der Waals surface area contributed by atoms with Crippen LogP contribution in [-0.4, -0.2) is 95.7 Å². The number of aliphatic carboxylic acids is 1. The van der Waals surface area contributed by atoms with Crippen molar-refractivity contribution >= 4 is 23.8 Å². The summed E-state index contributed by atoms with van der Waals surface area (Å²) >= 11 is 0. The first kappa shape index (κ1) is 86.7. The van der Waals surface area contributed by atoms with E-state index < -0.39 is 170 Å². The largest absolute Gasteiger partial charge is 0.481 e. The zero-order valence-corrected chi connectivity index (χ0v) is 62.1. The number of carboxylic acid groups (broad SMARTS) is 1. The molecule has 0 saturated heterocycles. The molecule has 4 atom stereocenters. The fourth-order valence-corrected chi connectivity index (χ4v) is 13.8. The van der Waals surface area contributed by atoms with Crippen LogP contribution in [-0.2, 0) is 61.5 Å². The van der Waals surface area contributed by atoms with Crippen molar-refractivity contribution in [1.29, 1.82) is 0 Å². The summed E-state index contributed by atoms with van der Waals surface area (Å²) in [5.41, 5.74) is -9.42. The van der Waals surface area contributed by atoms with Crippen molar-refractivity contribution in [3.63, 3.8) is 0 Å². The third kappa shape index (κ3) is 21.7. The number of amides is 2. The quantitative estimate of drug-likeness (QED) is 0.0303. The molecule has 2 heterocycles.